The van der Waals surface area contributed by atoms with Gasteiger partial charge in [0.1, 0.15) is 0 Å². The van der Waals surface area contributed by atoms with Crippen molar-refractivity contribution in [1.82, 2.24) is 10.3 Å². The molecular weight excluding hydrogens is 358 g/mol. The second-order valence-electron chi connectivity index (χ2n) is 5.74. The second-order valence-corrected chi connectivity index (χ2v) is 6.79. The van der Waals surface area contributed by atoms with E-state index >= 15 is 0 Å². The van der Waals surface area contributed by atoms with Crippen LogP contribution in [0.3, 0.4) is 0 Å². The average molecular weight is 377 g/mol. The summed E-state index contributed by atoms with van der Waals surface area (Å²) < 4.78 is 0. The van der Waals surface area contributed by atoms with Gasteiger partial charge in [-0.15, -0.1) is 11.8 Å². The van der Waals surface area contributed by atoms with Crippen molar-refractivity contribution in [1.29, 1.82) is 0 Å². The van der Waals surface area contributed by atoms with Gasteiger partial charge in [0.15, 0.2) is 0 Å². The second kappa shape index (κ2) is 9.54. The predicted octanol–water partition coefficient (Wildman–Crippen LogP) is 3.74. The molecular formula is C21H19N3O2S. The molecule has 27 heavy (non-hydrogen) atoms. The lowest BCUT2D eigenvalue weighted by Crippen LogP contribution is -2.25. The highest BCUT2D eigenvalue weighted by Gasteiger charge is 2.13. The summed E-state index contributed by atoms with van der Waals surface area (Å²) in [6.45, 7) is 0.374. The Morgan fingerprint density at radius 3 is 2.48 bits per heavy atom. The van der Waals surface area contributed by atoms with Crippen LogP contribution in [0.4, 0.5) is 5.69 Å². The number of anilines is 1. The molecule has 6 heteroatoms. The van der Waals surface area contributed by atoms with Crippen LogP contribution in [0.2, 0.25) is 0 Å². The Balaban J connectivity index is 1.59. The molecule has 0 radical (unpaired) electrons. The fourth-order valence-electron chi connectivity index (χ4n) is 2.42. The van der Waals surface area contributed by atoms with Gasteiger partial charge in [0.05, 0.1) is 17.0 Å². The van der Waals surface area contributed by atoms with Gasteiger partial charge in [0.25, 0.3) is 5.91 Å². The summed E-state index contributed by atoms with van der Waals surface area (Å²) in [4.78, 5) is 29.8. The van der Waals surface area contributed by atoms with Crippen molar-refractivity contribution in [2.45, 2.75) is 11.4 Å². The highest BCUT2D eigenvalue weighted by Crippen LogP contribution is 2.19. The summed E-state index contributed by atoms with van der Waals surface area (Å²) in [6, 6.07) is 20.4. The Labute approximate surface area is 162 Å². The number of nitrogens with one attached hydrogen (secondary N) is 2. The number of carbonyl (C=O) groups excluding carboxylic acids is 2. The Morgan fingerprint density at radius 2 is 1.70 bits per heavy atom. The maximum absolute atomic E-state index is 12.5. The molecule has 0 saturated heterocycles. The summed E-state index contributed by atoms with van der Waals surface area (Å²) >= 11 is 1.45. The van der Waals surface area contributed by atoms with Gasteiger partial charge >= 0.3 is 0 Å². The van der Waals surface area contributed by atoms with Crippen molar-refractivity contribution in [3.05, 3.63) is 90.3 Å². The first-order valence-electron chi connectivity index (χ1n) is 8.46. The van der Waals surface area contributed by atoms with Gasteiger partial charge in [-0.1, -0.05) is 36.4 Å². The molecule has 0 saturated carbocycles. The minimum atomic E-state index is -0.245. The van der Waals surface area contributed by atoms with Crippen LogP contribution in [0.15, 0.2) is 84.0 Å². The third-order valence-electron chi connectivity index (χ3n) is 3.73. The smallest absolute Gasteiger partial charge is 0.253 e. The number of aromatic nitrogens is 1. The summed E-state index contributed by atoms with van der Waals surface area (Å²) in [5.74, 6) is -0.128. The number of hydrogen-bond donors (Lipinski definition) is 2. The van der Waals surface area contributed by atoms with E-state index in [1.165, 1.54) is 11.8 Å². The van der Waals surface area contributed by atoms with Crippen molar-refractivity contribution < 1.29 is 9.59 Å². The molecule has 3 rings (SSSR count). The van der Waals surface area contributed by atoms with Crippen molar-refractivity contribution in [2.75, 3.05) is 11.1 Å². The Bertz CT molecular complexity index is 902. The Morgan fingerprint density at radius 1 is 0.926 bits per heavy atom. The number of benzene rings is 2. The summed E-state index contributed by atoms with van der Waals surface area (Å²) in [5.41, 5.74) is 1.84. The van der Waals surface area contributed by atoms with E-state index in [4.69, 9.17) is 0 Å². The lowest BCUT2D eigenvalue weighted by atomic mass is 10.1. The van der Waals surface area contributed by atoms with E-state index < -0.39 is 0 Å². The molecule has 2 amide bonds. The van der Waals surface area contributed by atoms with Crippen LogP contribution in [0, 0.1) is 0 Å². The van der Waals surface area contributed by atoms with Gasteiger partial charge in [-0.2, -0.15) is 0 Å². The van der Waals surface area contributed by atoms with Crippen molar-refractivity contribution in [3.63, 3.8) is 0 Å². The van der Waals surface area contributed by atoms with Crippen molar-refractivity contribution >= 4 is 29.3 Å². The van der Waals surface area contributed by atoms with Crippen LogP contribution >= 0.6 is 11.8 Å². The molecule has 0 aliphatic heterocycles. The summed E-state index contributed by atoms with van der Waals surface area (Å²) in [6.07, 6.45) is 3.39. The lowest BCUT2D eigenvalue weighted by Gasteiger charge is -2.11. The highest BCUT2D eigenvalue weighted by molar-refractivity contribution is 8.00. The number of carbonyl (C=O) groups is 2. The van der Waals surface area contributed by atoms with Crippen LogP contribution in [0.5, 0.6) is 0 Å². The number of amides is 2. The van der Waals surface area contributed by atoms with E-state index in [9.17, 15) is 9.59 Å². The van der Waals surface area contributed by atoms with Gasteiger partial charge in [-0.3, -0.25) is 14.6 Å². The van der Waals surface area contributed by atoms with Gasteiger partial charge < -0.3 is 10.6 Å². The molecule has 1 heterocycles. The van der Waals surface area contributed by atoms with E-state index in [0.717, 1.165) is 10.5 Å². The molecule has 0 aliphatic carbocycles. The predicted molar refractivity (Wildman–Crippen MR) is 108 cm³/mol. The fraction of sp³-hybridized carbons (Fsp3) is 0.0952. The largest absolute Gasteiger partial charge is 0.348 e. The maximum Gasteiger partial charge on any atom is 0.253 e. The molecule has 1 aromatic heterocycles. The minimum absolute atomic E-state index is 0.156. The van der Waals surface area contributed by atoms with Gasteiger partial charge in [-0.05, 0) is 35.9 Å². The van der Waals surface area contributed by atoms with E-state index in [-0.39, 0.29) is 17.6 Å². The molecule has 5 nitrogen and oxygen atoms in total. The summed E-state index contributed by atoms with van der Waals surface area (Å²) in [7, 11) is 0. The zero-order valence-electron chi connectivity index (χ0n) is 14.6. The van der Waals surface area contributed by atoms with Crippen molar-refractivity contribution in [2.24, 2.45) is 0 Å². The van der Waals surface area contributed by atoms with E-state index in [1.54, 1.807) is 36.7 Å². The van der Waals surface area contributed by atoms with Gasteiger partial charge in [0, 0.05) is 23.8 Å². The molecule has 136 valence electrons. The van der Waals surface area contributed by atoms with Crippen molar-refractivity contribution in [3.8, 4) is 0 Å². The van der Waals surface area contributed by atoms with E-state index in [1.807, 2.05) is 42.5 Å². The molecule has 0 spiro atoms. The number of pyridine rings is 1. The molecule has 0 atom stereocenters. The van der Waals surface area contributed by atoms with Crippen LogP contribution < -0.4 is 10.6 Å². The third kappa shape index (κ3) is 5.69. The monoisotopic (exact) mass is 377 g/mol. The quantitative estimate of drug-likeness (QED) is 0.615. The zero-order valence-corrected chi connectivity index (χ0v) is 15.4. The first kappa shape index (κ1) is 18.7. The molecule has 0 bridgehead atoms. The number of thioether (sulfide) groups is 1. The normalized spacial score (nSPS) is 10.2. The molecule has 0 unspecified atom stereocenters. The first-order chi connectivity index (χ1) is 13.2. The van der Waals surface area contributed by atoms with Crippen LogP contribution in [-0.4, -0.2) is 22.6 Å². The molecule has 2 aromatic carbocycles. The maximum atomic E-state index is 12.5. The Kier molecular flexibility index (Phi) is 6.60. The number of nitrogens with zero attached hydrogens (tertiary/aromatic N) is 1. The molecule has 2 N–H and O–H groups in total. The Hall–Kier alpha value is -3.12. The SMILES string of the molecule is O=C(CSc1ccccc1)Nc1ccccc1C(=O)NCc1cccnc1. The average Bonchev–Trinajstić information content (AvgIpc) is 2.72. The molecule has 0 fully saturated rings. The van der Waals surface area contributed by atoms with E-state index in [0.29, 0.717) is 17.8 Å². The van der Waals surface area contributed by atoms with Gasteiger partial charge in [0.2, 0.25) is 5.91 Å². The standard InChI is InChI=1S/C21H19N3O2S/c25-20(15-27-17-8-2-1-3-9-17)24-19-11-5-4-10-18(19)21(26)23-14-16-7-6-12-22-13-16/h1-13H,14-15H2,(H,23,26)(H,24,25). The van der Waals surface area contributed by atoms with Crippen LogP contribution in [-0.2, 0) is 11.3 Å². The minimum Gasteiger partial charge on any atom is -0.348 e. The number of hydrogen-bond acceptors (Lipinski definition) is 4. The van der Waals surface area contributed by atoms with Gasteiger partial charge in [-0.25, -0.2) is 0 Å². The fourth-order valence-corrected chi connectivity index (χ4v) is 3.14. The molecule has 0 aliphatic rings. The number of para-hydroxylation sites is 1. The third-order valence-corrected chi connectivity index (χ3v) is 4.75. The van der Waals surface area contributed by atoms with Crippen LogP contribution in [0.25, 0.3) is 0 Å². The lowest BCUT2D eigenvalue weighted by molar-refractivity contribution is -0.113. The zero-order chi connectivity index (χ0) is 18.9. The van der Waals surface area contributed by atoms with E-state index in [2.05, 4.69) is 15.6 Å². The summed E-state index contributed by atoms with van der Waals surface area (Å²) in [5, 5.41) is 5.68. The number of rotatable bonds is 7. The van der Waals surface area contributed by atoms with Crippen LogP contribution in [0.1, 0.15) is 15.9 Å². The highest BCUT2D eigenvalue weighted by atomic mass is 32.2. The molecule has 3 aromatic rings. The topological polar surface area (TPSA) is 71.1 Å². The first-order valence-corrected chi connectivity index (χ1v) is 9.45.